The Morgan fingerprint density at radius 2 is 0.500 bits per heavy atom. The van der Waals surface area contributed by atoms with Crippen molar-refractivity contribution in [3.8, 4) is 0 Å². The second-order valence-electron chi connectivity index (χ2n) is 27.3. The van der Waals surface area contributed by atoms with E-state index in [0.717, 1.165) is 102 Å². The van der Waals surface area contributed by atoms with E-state index in [2.05, 4.69) is 41.5 Å². The molecule has 0 radical (unpaired) electrons. The molecule has 5 atom stereocenters. The van der Waals surface area contributed by atoms with Crippen LogP contribution in [0.25, 0.3) is 0 Å². The van der Waals surface area contributed by atoms with E-state index >= 15 is 0 Å². The molecular formula is C73H142O17P2. The number of esters is 4. The van der Waals surface area contributed by atoms with Gasteiger partial charge in [-0.1, -0.05) is 324 Å². The fourth-order valence-electron chi connectivity index (χ4n) is 11.1. The summed E-state index contributed by atoms with van der Waals surface area (Å²) in [4.78, 5) is 72.7. The Hall–Kier alpha value is -1.94. The highest BCUT2D eigenvalue weighted by Crippen LogP contribution is 2.45. The molecule has 0 aromatic carbocycles. The average molecular weight is 1350 g/mol. The lowest BCUT2D eigenvalue weighted by molar-refractivity contribution is -0.161. The molecule has 17 nitrogen and oxygen atoms in total. The van der Waals surface area contributed by atoms with Crippen molar-refractivity contribution in [2.45, 2.75) is 394 Å². The summed E-state index contributed by atoms with van der Waals surface area (Å²) in [5.74, 6) is -0.606. The first-order chi connectivity index (χ1) is 44.4. The quantitative estimate of drug-likeness (QED) is 0.0222. The molecule has 0 saturated carbocycles. The van der Waals surface area contributed by atoms with Crippen molar-refractivity contribution < 1.29 is 80.2 Å². The molecule has 2 unspecified atom stereocenters. The van der Waals surface area contributed by atoms with Crippen molar-refractivity contribution in [1.29, 1.82) is 0 Å². The summed E-state index contributed by atoms with van der Waals surface area (Å²) in [7, 11) is -9.90. The zero-order chi connectivity index (χ0) is 67.9. The summed E-state index contributed by atoms with van der Waals surface area (Å²) in [6, 6.07) is 0. The SMILES string of the molecule is CCCCCCCCCCCCCCCCCC(=O)OC[C@H](COP(=O)(O)OC[C@@H](O)COP(=O)(O)OC[C@@H](COC(=O)CCCCCCCCCCCC)OC(=O)CCCCCCCCCCCC(C)C)OC(=O)CCCCCCCCCCCCCCC(C)C. The smallest absolute Gasteiger partial charge is 0.462 e. The Labute approximate surface area is 562 Å². The second-order valence-corrected chi connectivity index (χ2v) is 30.2. The molecule has 0 aliphatic heterocycles. The third-order valence-corrected chi connectivity index (χ3v) is 18.9. The van der Waals surface area contributed by atoms with Crippen molar-refractivity contribution >= 4 is 39.5 Å². The molecule has 0 aromatic heterocycles. The molecule has 0 amide bonds. The minimum absolute atomic E-state index is 0.105. The Morgan fingerprint density at radius 1 is 0.293 bits per heavy atom. The van der Waals surface area contributed by atoms with Gasteiger partial charge < -0.3 is 33.8 Å². The molecule has 19 heteroatoms. The number of unbranched alkanes of at least 4 members (excludes halogenated alkanes) is 42. The molecule has 0 bridgehead atoms. The molecule has 0 aliphatic carbocycles. The summed E-state index contributed by atoms with van der Waals surface area (Å²) < 4.78 is 68.4. The van der Waals surface area contributed by atoms with Crippen LogP contribution in [0.3, 0.4) is 0 Å². The summed E-state index contributed by atoms with van der Waals surface area (Å²) >= 11 is 0. The normalized spacial score (nSPS) is 14.1. The topological polar surface area (TPSA) is 237 Å². The highest BCUT2D eigenvalue weighted by Gasteiger charge is 2.30. The van der Waals surface area contributed by atoms with Gasteiger partial charge in [0.1, 0.15) is 19.3 Å². The van der Waals surface area contributed by atoms with Gasteiger partial charge in [0.2, 0.25) is 0 Å². The third kappa shape index (κ3) is 66.7. The molecule has 0 spiro atoms. The van der Waals surface area contributed by atoms with E-state index in [4.69, 9.17) is 37.0 Å². The van der Waals surface area contributed by atoms with Crippen LogP contribution in [-0.2, 0) is 65.4 Å². The number of carbonyl (C=O) groups excluding carboxylic acids is 4. The second kappa shape index (κ2) is 65.0. The maximum absolute atomic E-state index is 13.1. The van der Waals surface area contributed by atoms with E-state index in [1.165, 1.54) is 193 Å². The van der Waals surface area contributed by atoms with Crippen LogP contribution in [0.1, 0.15) is 375 Å². The molecule has 3 N–H and O–H groups in total. The molecule has 0 fully saturated rings. The number of phosphoric ester groups is 2. The van der Waals surface area contributed by atoms with Crippen LogP contribution in [0, 0.1) is 11.8 Å². The zero-order valence-electron chi connectivity index (χ0n) is 59.9. The fraction of sp³-hybridized carbons (Fsp3) is 0.945. The van der Waals surface area contributed by atoms with E-state index in [0.29, 0.717) is 25.7 Å². The number of aliphatic hydroxyl groups is 1. The van der Waals surface area contributed by atoms with Gasteiger partial charge in [-0.05, 0) is 37.5 Å². The number of phosphoric acid groups is 2. The first kappa shape index (κ1) is 90.1. The summed E-state index contributed by atoms with van der Waals surface area (Å²) in [6.07, 6.45) is 51.2. The van der Waals surface area contributed by atoms with Gasteiger partial charge in [0.25, 0.3) is 0 Å². The van der Waals surface area contributed by atoms with E-state index in [1.54, 1.807) is 0 Å². The number of carbonyl (C=O) groups is 4. The van der Waals surface area contributed by atoms with Crippen LogP contribution in [-0.4, -0.2) is 96.7 Å². The van der Waals surface area contributed by atoms with Crippen LogP contribution >= 0.6 is 15.6 Å². The van der Waals surface area contributed by atoms with Crippen LogP contribution in [0.4, 0.5) is 0 Å². The number of aliphatic hydroxyl groups excluding tert-OH is 1. The average Bonchev–Trinajstić information content (AvgIpc) is 1.51. The maximum Gasteiger partial charge on any atom is 0.472 e. The number of rotatable bonds is 72. The van der Waals surface area contributed by atoms with Crippen LogP contribution in [0.2, 0.25) is 0 Å². The summed E-state index contributed by atoms with van der Waals surface area (Å²) in [5, 5.41) is 10.6. The number of hydrogen-bond acceptors (Lipinski definition) is 15. The van der Waals surface area contributed by atoms with Crippen LogP contribution in [0.5, 0.6) is 0 Å². The number of ether oxygens (including phenoxy) is 4. The van der Waals surface area contributed by atoms with Gasteiger partial charge in [-0.2, -0.15) is 0 Å². The van der Waals surface area contributed by atoms with E-state index in [1.807, 2.05) is 0 Å². The fourth-order valence-corrected chi connectivity index (χ4v) is 12.7. The molecule has 0 rings (SSSR count). The van der Waals surface area contributed by atoms with Crippen molar-refractivity contribution in [1.82, 2.24) is 0 Å². The molecule has 0 saturated heterocycles. The standard InChI is InChI=1S/C73H142O17P2/c1-7-9-11-13-15-17-19-20-21-22-26-32-38-44-50-56-71(76)84-62-68(89-72(77)57-51-45-39-33-27-24-23-25-29-35-41-47-53-65(3)4)63-87-91(79,80)85-59-67(74)60-86-92(81,82)88-64-69(61-83-70(75)55-49-43-37-31-18-16-14-12-10-8-2)90-73(78)58-52-46-40-34-28-30-36-42-48-54-66(5)6/h65-69,74H,7-64H2,1-6H3,(H,79,80)(H,81,82)/t67-,68-,69-/m1/s1. The number of hydrogen-bond donors (Lipinski definition) is 3. The maximum atomic E-state index is 13.1. The zero-order valence-corrected chi connectivity index (χ0v) is 61.6. The van der Waals surface area contributed by atoms with Crippen molar-refractivity contribution in [3.05, 3.63) is 0 Å². The third-order valence-electron chi connectivity index (χ3n) is 17.0. The van der Waals surface area contributed by atoms with Crippen molar-refractivity contribution in [3.63, 3.8) is 0 Å². The minimum Gasteiger partial charge on any atom is -0.462 e. The van der Waals surface area contributed by atoms with Gasteiger partial charge in [-0.25, -0.2) is 9.13 Å². The van der Waals surface area contributed by atoms with E-state index < -0.39 is 97.5 Å². The Kier molecular flexibility index (Phi) is 63.7. The van der Waals surface area contributed by atoms with Gasteiger partial charge in [0.15, 0.2) is 12.2 Å². The predicted octanol–water partition coefficient (Wildman–Crippen LogP) is 21.2. The lowest BCUT2D eigenvalue weighted by atomic mass is 10.0. The highest BCUT2D eigenvalue weighted by atomic mass is 31.2. The predicted molar refractivity (Wildman–Crippen MR) is 372 cm³/mol. The van der Waals surface area contributed by atoms with Crippen molar-refractivity contribution in [2.75, 3.05) is 39.6 Å². The Morgan fingerprint density at radius 3 is 0.739 bits per heavy atom. The molecule has 0 heterocycles. The van der Waals surface area contributed by atoms with Crippen LogP contribution in [0.15, 0.2) is 0 Å². The van der Waals surface area contributed by atoms with Crippen molar-refractivity contribution in [2.24, 2.45) is 11.8 Å². The molecule has 92 heavy (non-hydrogen) atoms. The molecular weight excluding hydrogens is 1210 g/mol. The Balaban J connectivity index is 5.25. The highest BCUT2D eigenvalue weighted by molar-refractivity contribution is 7.47. The van der Waals surface area contributed by atoms with Gasteiger partial charge in [0, 0.05) is 25.7 Å². The van der Waals surface area contributed by atoms with E-state index in [9.17, 15) is 43.2 Å². The summed E-state index contributed by atoms with van der Waals surface area (Å²) in [5.41, 5.74) is 0. The molecule has 546 valence electrons. The largest absolute Gasteiger partial charge is 0.472 e. The van der Waals surface area contributed by atoms with Gasteiger partial charge >= 0.3 is 39.5 Å². The van der Waals surface area contributed by atoms with E-state index in [-0.39, 0.29) is 25.7 Å². The molecule has 0 aromatic rings. The summed E-state index contributed by atoms with van der Waals surface area (Å²) in [6.45, 7) is 9.56. The first-order valence-corrected chi connectivity index (χ1v) is 41.0. The Bertz CT molecular complexity index is 1790. The lowest BCUT2D eigenvalue weighted by Gasteiger charge is -2.21. The molecule has 0 aliphatic rings. The lowest BCUT2D eigenvalue weighted by Crippen LogP contribution is -2.30. The minimum atomic E-state index is -4.95. The van der Waals surface area contributed by atoms with Gasteiger partial charge in [-0.3, -0.25) is 37.3 Å². The van der Waals surface area contributed by atoms with Gasteiger partial charge in [-0.15, -0.1) is 0 Å². The van der Waals surface area contributed by atoms with Gasteiger partial charge in [0.05, 0.1) is 26.4 Å². The monoisotopic (exact) mass is 1350 g/mol. The first-order valence-electron chi connectivity index (χ1n) is 38.0. The van der Waals surface area contributed by atoms with Crippen LogP contribution < -0.4 is 0 Å².